The topological polar surface area (TPSA) is 96.0 Å². The smallest absolute Gasteiger partial charge is 0.264 e. The molecule has 0 aliphatic rings. The molecule has 0 radical (unpaired) electrons. The Labute approximate surface area is 239 Å². The minimum atomic E-state index is -4.17. The second kappa shape index (κ2) is 13.2. The van der Waals surface area contributed by atoms with Gasteiger partial charge in [-0.15, -0.1) is 0 Å². The number of rotatable bonds is 11. The fourth-order valence-corrected chi connectivity index (χ4v) is 5.59. The summed E-state index contributed by atoms with van der Waals surface area (Å²) in [5.74, 6) is -0.446. The Morgan fingerprint density at radius 1 is 0.974 bits per heavy atom. The van der Waals surface area contributed by atoms with Gasteiger partial charge < -0.3 is 15.0 Å². The van der Waals surface area contributed by atoms with Crippen LogP contribution in [0.5, 0.6) is 5.75 Å². The van der Waals surface area contributed by atoms with Crippen molar-refractivity contribution in [3.05, 3.63) is 87.9 Å². The summed E-state index contributed by atoms with van der Waals surface area (Å²) in [6.07, 6.45) is 0. The van der Waals surface area contributed by atoms with Gasteiger partial charge in [0.25, 0.3) is 10.0 Å². The fourth-order valence-electron chi connectivity index (χ4n) is 3.85. The normalized spacial score (nSPS) is 11.9. The number of carbonyl (C=O) groups is 2. The third-order valence-corrected chi connectivity index (χ3v) is 8.63. The van der Waals surface area contributed by atoms with Crippen molar-refractivity contribution in [2.75, 3.05) is 24.5 Å². The highest BCUT2D eigenvalue weighted by Gasteiger charge is 2.32. The number of methoxy groups -OCH3 is 1. The molecule has 3 aromatic rings. The number of aryl methyl sites for hydroxylation is 1. The largest absolute Gasteiger partial charge is 0.497 e. The molecule has 0 aliphatic carbocycles. The molecule has 11 heteroatoms. The molecule has 2 amide bonds. The molecule has 8 nitrogen and oxygen atoms in total. The molecule has 0 bridgehead atoms. The quantitative estimate of drug-likeness (QED) is 0.336. The van der Waals surface area contributed by atoms with Crippen LogP contribution in [0.1, 0.15) is 25.0 Å². The monoisotopic (exact) mass is 591 g/mol. The molecule has 0 aromatic heterocycles. The van der Waals surface area contributed by atoms with E-state index >= 15 is 0 Å². The number of ether oxygens (including phenoxy) is 1. The molecule has 3 aromatic carbocycles. The van der Waals surface area contributed by atoms with Crippen LogP contribution in [0, 0.1) is 6.92 Å². The van der Waals surface area contributed by atoms with E-state index in [1.54, 1.807) is 56.3 Å². The molecule has 3 rings (SSSR count). The number of nitrogens with zero attached hydrogens (tertiary/aromatic N) is 2. The summed E-state index contributed by atoms with van der Waals surface area (Å²) in [7, 11) is -2.69. The number of likely N-dealkylation sites (N-methyl/N-ethyl adjacent to an activating group) is 1. The molecule has 0 unspecified atom stereocenters. The van der Waals surface area contributed by atoms with Crippen LogP contribution < -0.4 is 14.4 Å². The lowest BCUT2D eigenvalue weighted by atomic mass is 10.1. The van der Waals surface area contributed by atoms with Crippen molar-refractivity contribution in [1.29, 1.82) is 0 Å². The highest BCUT2D eigenvalue weighted by atomic mass is 35.5. The van der Waals surface area contributed by atoms with E-state index in [0.717, 1.165) is 9.87 Å². The highest BCUT2D eigenvalue weighted by Crippen LogP contribution is 2.27. The van der Waals surface area contributed by atoms with Crippen molar-refractivity contribution in [2.45, 2.75) is 38.3 Å². The van der Waals surface area contributed by atoms with E-state index in [4.69, 9.17) is 27.9 Å². The standard InChI is InChI=1S/C28H31Cl2N3O5S/c1-5-31-28(35)20(3)32(17-21-8-15-25(29)26(30)16-21)27(34)18-33(22-9-6-19(2)7-10-22)39(36,37)24-13-11-23(38-4)12-14-24/h6-16,20H,5,17-18H2,1-4H3,(H,31,35)/t20-/m1/s1. The van der Waals surface area contributed by atoms with Crippen LogP contribution in [-0.4, -0.2) is 51.4 Å². The number of hydrogen-bond donors (Lipinski definition) is 1. The average Bonchev–Trinajstić information content (AvgIpc) is 2.92. The first-order valence-corrected chi connectivity index (χ1v) is 14.4. The lowest BCUT2D eigenvalue weighted by molar-refractivity contribution is -0.139. The summed E-state index contributed by atoms with van der Waals surface area (Å²) in [6, 6.07) is 16.7. The van der Waals surface area contributed by atoms with E-state index in [9.17, 15) is 18.0 Å². The van der Waals surface area contributed by atoms with Gasteiger partial charge in [-0.1, -0.05) is 47.0 Å². The number of sulfonamides is 1. The second-order valence-corrected chi connectivity index (χ2v) is 11.5. The number of anilines is 1. The van der Waals surface area contributed by atoms with Crippen LogP contribution >= 0.6 is 23.2 Å². The molecular weight excluding hydrogens is 561 g/mol. The van der Waals surface area contributed by atoms with Gasteiger partial charge in [-0.3, -0.25) is 13.9 Å². The number of amides is 2. The Morgan fingerprint density at radius 3 is 2.18 bits per heavy atom. The molecule has 0 saturated heterocycles. The van der Waals surface area contributed by atoms with Crippen molar-refractivity contribution < 1.29 is 22.7 Å². The maximum absolute atomic E-state index is 13.8. The summed E-state index contributed by atoms with van der Waals surface area (Å²) in [5, 5.41) is 3.38. The van der Waals surface area contributed by atoms with E-state index in [1.165, 1.54) is 36.3 Å². The zero-order chi connectivity index (χ0) is 28.7. The maximum Gasteiger partial charge on any atom is 0.264 e. The molecule has 0 fully saturated rings. The van der Waals surface area contributed by atoms with E-state index in [2.05, 4.69) is 5.32 Å². The molecule has 208 valence electrons. The van der Waals surface area contributed by atoms with Crippen molar-refractivity contribution in [1.82, 2.24) is 10.2 Å². The van der Waals surface area contributed by atoms with Gasteiger partial charge in [-0.2, -0.15) is 0 Å². The number of benzene rings is 3. The molecule has 0 aliphatic heterocycles. The summed E-state index contributed by atoms with van der Waals surface area (Å²) in [4.78, 5) is 27.9. The SMILES string of the molecule is CCNC(=O)[C@@H](C)N(Cc1ccc(Cl)c(Cl)c1)C(=O)CN(c1ccc(C)cc1)S(=O)(=O)c1ccc(OC)cc1. The Bertz CT molecular complexity index is 1410. The van der Waals surface area contributed by atoms with Crippen LogP contribution in [0.15, 0.2) is 71.6 Å². The minimum absolute atomic E-state index is 0.00974. The summed E-state index contributed by atoms with van der Waals surface area (Å²) in [6.45, 7) is 5.09. The molecular formula is C28H31Cl2N3O5S. The Kier molecular flexibility index (Phi) is 10.2. The van der Waals surface area contributed by atoms with Gasteiger partial charge in [-0.05, 0) is 74.9 Å². The number of carbonyl (C=O) groups excluding carboxylic acids is 2. The zero-order valence-electron chi connectivity index (χ0n) is 22.1. The number of halogens is 2. The Balaban J connectivity index is 2.03. The maximum atomic E-state index is 13.8. The average molecular weight is 593 g/mol. The Morgan fingerprint density at radius 2 is 1.62 bits per heavy atom. The van der Waals surface area contributed by atoms with E-state index in [0.29, 0.717) is 33.6 Å². The van der Waals surface area contributed by atoms with Crippen LogP contribution in [0.2, 0.25) is 10.0 Å². The predicted molar refractivity (Wildman–Crippen MR) is 154 cm³/mol. The fraction of sp³-hybridized carbons (Fsp3) is 0.286. The van der Waals surface area contributed by atoms with Gasteiger partial charge in [0.2, 0.25) is 11.8 Å². The molecule has 1 atom stereocenters. The molecule has 39 heavy (non-hydrogen) atoms. The molecule has 0 heterocycles. The van der Waals surface area contributed by atoms with Crippen LogP contribution in [-0.2, 0) is 26.2 Å². The van der Waals surface area contributed by atoms with Crippen molar-refractivity contribution >= 4 is 50.7 Å². The van der Waals surface area contributed by atoms with Crippen LogP contribution in [0.4, 0.5) is 5.69 Å². The summed E-state index contributed by atoms with van der Waals surface area (Å²) < 4.78 is 33.8. The first kappa shape index (κ1) is 30.3. The van der Waals surface area contributed by atoms with Crippen molar-refractivity contribution in [2.24, 2.45) is 0 Å². The van der Waals surface area contributed by atoms with Gasteiger partial charge in [0.15, 0.2) is 0 Å². The lowest BCUT2D eigenvalue weighted by Gasteiger charge is -2.32. The number of nitrogens with one attached hydrogen (secondary N) is 1. The van der Waals surface area contributed by atoms with Crippen LogP contribution in [0.3, 0.4) is 0 Å². The zero-order valence-corrected chi connectivity index (χ0v) is 24.5. The van der Waals surface area contributed by atoms with Gasteiger partial charge in [0.05, 0.1) is 27.7 Å². The van der Waals surface area contributed by atoms with E-state index in [-0.39, 0.29) is 17.3 Å². The second-order valence-electron chi connectivity index (χ2n) is 8.86. The summed E-state index contributed by atoms with van der Waals surface area (Å²) in [5.41, 5.74) is 1.87. The van der Waals surface area contributed by atoms with E-state index < -0.39 is 28.5 Å². The van der Waals surface area contributed by atoms with Crippen molar-refractivity contribution in [3.63, 3.8) is 0 Å². The van der Waals surface area contributed by atoms with Gasteiger partial charge in [-0.25, -0.2) is 8.42 Å². The minimum Gasteiger partial charge on any atom is -0.497 e. The first-order valence-electron chi connectivity index (χ1n) is 12.2. The highest BCUT2D eigenvalue weighted by molar-refractivity contribution is 7.92. The molecule has 0 spiro atoms. The summed E-state index contributed by atoms with van der Waals surface area (Å²) >= 11 is 12.2. The third-order valence-electron chi connectivity index (χ3n) is 6.10. The molecule has 1 N–H and O–H groups in total. The van der Waals surface area contributed by atoms with Gasteiger partial charge in [0, 0.05) is 13.1 Å². The lowest BCUT2D eigenvalue weighted by Crippen LogP contribution is -2.51. The van der Waals surface area contributed by atoms with E-state index in [1.807, 2.05) is 6.92 Å². The predicted octanol–water partition coefficient (Wildman–Crippen LogP) is 5.06. The number of hydrogen-bond acceptors (Lipinski definition) is 5. The molecule has 0 saturated carbocycles. The van der Waals surface area contributed by atoms with Crippen molar-refractivity contribution in [3.8, 4) is 5.75 Å². The first-order chi connectivity index (χ1) is 18.5. The third kappa shape index (κ3) is 7.44. The van der Waals surface area contributed by atoms with Crippen LogP contribution in [0.25, 0.3) is 0 Å². The Hall–Kier alpha value is -3.27. The van der Waals surface area contributed by atoms with Gasteiger partial charge in [0.1, 0.15) is 18.3 Å². The van der Waals surface area contributed by atoms with Gasteiger partial charge >= 0.3 is 0 Å².